The van der Waals surface area contributed by atoms with Crippen LogP contribution in [0, 0.1) is 0 Å². The average molecular weight is 251 g/mol. The number of rotatable bonds is 2. The van der Waals surface area contributed by atoms with E-state index in [0.29, 0.717) is 0 Å². The van der Waals surface area contributed by atoms with E-state index in [0.717, 1.165) is 18.1 Å². The van der Waals surface area contributed by atoms with Crippen molar-refractivity contribution < 1.29 is 0 Å². The molecule has 0 aromatic rings. The van der Waals surface area contributed by atoms with Crippen molar-refractivity contribution in [1.29, 1.82) is 0 Å². The molecule has 3 heteroatoms. The molecular weight excluding hydrogens is 222 g/mol. The summed E-state index contributed by atoms with van der Waals surface area (Å²) in [7, 11) is 0. The predicted molar refractivity (Wildman–Crippen MR) is 75.9 cm³/mol. The van der Waals surface area contributed by atoms with Crippen LogP contribution in [0.4, 0.5) is 0 Å². The Hall–Kier alpha value is -0.120. The highest BCUT2D eigenvalue weighted by molar-refractivity contribution is 4.91. The first kappa shape index (κ1) is 12.9. The standard InChI is InChI=1S/C15H29N3/c1-2-13-5-9-18(11-7-16-13)15-6-10-17-8-3-4-14(17)12-15/h13-16H,2-12H2,1H3. The van der Waals surface area contributed by atoms with Gasteiger partial charge in [0.15, 0.2) is 0 Å². The van der Waals surface area contributed by atoms with Gasteiger partial charge in [-0.3, -0.25) is 4.90 Å². The molecule has 3 saturated heterocycles. The quantitative estimate of drug-likeness (QED) is 0.806. The molecule has 3 heterocycles. The number of hydrogen-bond donors (Lipinski definition) is 1. The normalized spacial score (nSPS) is 39.5. The van der Waals surface area contributed by atoms with E-state index < -0.39 is 0 Å². The average Bonchev–Trinajstić information content (AvgIpc) is 2.74. The minimum absolute atomic E-state index is 0.765. The third kappa shape index (κ3) is 2.73. The molecule has 1 N–H and O–H groups in total. The SMILES string of the molecule is CCC1CCN(C2CCN3CCCC3C2)CCN1. The minimum Gasteiger partial charge on any atom is -0.313 e. The molecular formula is C15H29N3. The van der Waals surface area contributed by atoms with E-state index >= 15 is 0 Å². The highest BCUT2D eigenvalue weighted by Crippen LogP contribution is 2.29. The highest BCUT2D eigenvalue weighted by atomic mass is 15.2. The fourth-order valence-corrected chi connectivity index (χ4v) is 4.20. The molecule has 3 atom stereocenters. The van der Waals surface area contributed by atoms with E-state index in [1.54, 1.807) is 0 Å². The second-order valence-electron chi connectivity index (χ2n) is 6.39. The molecule has 3 rings (SSSR count). The number of nitrogens with one attached hydrogen (secondary N) is 1. The van der Waals surface area contributed by atoms with Gasteiger partial charge in [0, 0.05) is 31.2 Å². The van der Waals surface area contributed by atoms with Crippen LogP contribution in [0.5, 0.6) is 0 Å². The molecule has 0 amide bonds. The maximum absolute atomic E-state index is 3.69. The van der Waals surface area contributed by atoms with E-state index in [2.05, 4.69) is 22.0 Å². The van der Waals surface area contributed by atoms with E-state index in [9.17, 15) is 0 Å². The summed E-state index contributed by atoms with van der Waals surface area (Å²) in [6, 6.07) is 2.56. The van der Waals surface area contributed by atoms with Gasteiger partial charge in [0.25, 0.3) is 0 Å². The smallest absolute Gasteiger partial charge is 0.0123 e. The number of piperidine rings is 1. The molecule has 3 nitrogen and oxygen atoms in total. The van der Waals surface area contributed by atoms with Crippen LogP contribution in [-0.2, 0) is 0 Å². The summed E-state index contributed by atoms with van der Waals surface area (Å²) < 4.78 is 0. The first-order valence-electron chi connectivity index (χ1n) is 8.08. The zero-order valence-electron chi connectivity index (χ0n) is 11.9. The lowest BCUT2D eigenvalue weighted by molar-refractivity contribution is 0.0914. The van der Waals surface area contributed by atoms with Gasteiger partial charge in [-0.15, -0.1) is 0 Å². The van der Waals surface area contributed by atoms with E-state index in [1.165, 1.54) is 71.2 Å². The molecule has 0 aliphatic carbocycles. The fraction of sp³-hybridized carbons (Fsp3) is 1.00. The molecule has 0 bridgehead atoms. The summed E-state index contributed by atoms with van der Waals surface area (Å²) in [5.41, 5.74) is 0. The van der Waals surface area contributed by atoms with E-state index in [-0.39, 0.29) is 0 Å². The van der Waals surface area contributed by atoms with Gasteiger partial charge in [-0.25, -0.2) is 0 Å². The molecule has 3 unspecified atom stereocenters. The van der Waals surface area contributed by atoms with Gasteiger partial charge in [0.1, 0.15) is 0 Å². The van der Waals surface area contributed by atoms with Crippen molar-refractivity contribution >= 4 is 0 Å². The Morgan fingerprint density at radius 2 is 1.72 bits per heavy atom. The van der Waals surface area contributed by atoms with Gasteiger partial charge >= 0.3 is 0 Å². The summed E-state index contributed by atoms with van der Waals surface area (Å²) in [6.45, 7) is 8.83. The Balaban J connectivity index is 1.54. The van der Waals surface area contributed by atoms with Crippen LogP contribution in [0.25, 0.3) is 0 Å². The molecule has 0 saturated carbocycles. The molecule has 3 fully saturated rings. The number of hydrogen-bond acceptors (Lipinski definition) is 3. The Kier molecular flexibility index (Phi) is 4.22. The van der Waals surface area contributed by atoms with Crippen molar-refractivity contribution in [3.63, 3.8) is 0 Å². The van der Waals surface area contributed by atoms with Crippen molar-refractivity contribution in [3.8, 4) is 0 Å². The second-order valence-corrected chi connectivity index (χ2v) is 6.39. The van der Waals surface area contributed by atoms with E-state index in [4.69, 9.17) is 0 Å². The Bertz CT molecular complexity index is 268. The molecule has 3 aliphatic heterocycles. The zero-order chi connectivity index (χ0) is 12.4. The minimum atomic E-state index is 0.765. The van der Waals surface area contributed by atoms with Crippen molar-refractivity contribution in [3.05, 3.63) is 0 Å². The van der Waals surface area contributed by atoms with Crippen LogP contribution in [0.1, 0.15) is 45.4 Å². The van der Waals surface area contributed by atoms with Crippen molar-refractivity contribution in [1.82, 2.24) is 15.1 Å². The van der Waals surface area contributed by atoms with Gasteiger partial charge in [0.2, 0.25) is 0 Å². The van der Waals surface area contributed by atoms with Gasteiger partial charge < -0.3 is 10.2 Å². The molecule has 3 aliphatic rings. The maximum Gasteiger partial charge on any atom is 0.0123 e. The number of fused-ring (bicyclic) bond motifs is 1. The van der Waals surface area contributed by atoms with Crippen molar-refractivity contribution in [2.24, 2.45) is 0 Å². The van der Waals surface area contributed by atoms with Gasteiger partial charge in [-0.1, -0.05) is 6.92 Å². The number of nitrogens with zero attached hydrogens (tertiary/aromatic N) is 2. The van der Waals surface area contributed by atoms with Crippen molar-refractivity contribution in [2.45, 2.75) is 63.6 Å². The summed E-state index contributed by atoms with van der Waals surface area (Å²) in [6.07, 6.45) is 8.39. The van der Waals surface area contributed by atoms with Crippen LogP contribution < -0.4 is 5.32 Å². The highest BCUT2D eigenvalue weighted by Gasteiger charge is 2.34. The van der Waals surface area contributed by atoms with Crippen LogP contribution in [-0.4, -0.2) is 60.6 Å². The lowest BCUT2D eigenvalue weighted by Crippen LogP contribution is -2.48. The topological polar surface area (TPSA) is 18.5 Å². The Labute approximate surface area is 112 Å². The van der Waals surface area contributed by atoms with Crippen LogP contribution in [0.2, 0.25) is 0 Å². The predicted octanol–water partition coefficient (Wildman–Crippen LogP) is 1.69. The van der Waals surface area contributed by atoms with Crippen LogP contribution >= 0.6 is 0 Å². The lowest BCUT2D eigenvalue weighted by Gasteiger charge is -2.40. The molecule has 0 spiro atoms. The molecule has 104 valence electrons. The molecule has 0 aromatic carbocycles. The van der Waals surface area contributed by atoms with Crippen LogP contribution in [0.15, 0.2) is 0 Å². The Morgan fingerprint density at radius 1 is 0.944 bits per heavy atom. The van der Waals surface area contributed by atoms with Gasteiger partial charge in [0.05, 0.1) is 0 Å². The second kappa shape index (κ2) is 5.89. The largest absolute Gasteiger partial charge is 0.313 e. The monoisotopic (exact) mass is 251 g/mol. The maximum atomic E-state index is 3.69. The summed E-state index contributed by atoms with van der Waals surface area (Å²) in [4.78, 5) is 5.53. The lowest BCUT2D eigenvalue weighted by atomic mass is 9.96. The van der Waals surface area contributed by atoms with Crippen molar-refractivity contribution in [2.75, 3.05) is 32.7 Å². The molecule has 0 radical (unpaired) electrons. The summed E-state index contributed by atoms with van der Waals surface area (Å²) >= 11 is 0. The third-order valence-electron chi connectivity index (χ3n) is 5.40. The molecule has 0 aromatic heterocycles. The first-order valence-corrected chi connectivity index (χ1v) is 8.08. The fourth-order valence-electron chi connectivity index (χ4n) is 4.20. The Morgan fingerprint density at radius 3 is 2.61 bits per heavy atom. The van der Waals surface area contributed by atoms with Crippen LogP contribution in [0.3, 0.4) is 0 Å². The van der Waals surface area contributed by atoms with Gasteiger partial charge in [-0.05, 0) is 58.2 Å². The molecule has 18 heavy (non-hydrogen) atoms. The summed E-state index contributed by atoms with van der Waals surface area (Å²) in [5.74, 6) is 0. The first-order chi connectivity index (χ1) is 8.86. The zero-order valence-corrected chi connectivity index (χ0v) is 11.9. The van der Waals surface area contributed by atoms with Gasteiger partial charge in [-0.2, -0.15) is 0 Å². The summed E-state index contributed by atoms with van der Waals surface area (Å²) in [5, 5.41) is 3.69. The van der Waals surface area contributed by atoms with E-state index in [1.807, 2.05) is 0 Å². The third-order valence-corrected chi connectivity index (χ3v) is 5.40.